The Hall–Kier alpha value is -1.33. The molecule has 0 unspecified atom stereocenters. The first-order valence-corrected chi connectivity index (χ1v) is 6.75. The van der Waals surface area contributed by atoms with Crippen LogP contribution in [0.5, 0.6) is 0 Å². The van der Waals surface area contributed by atoms with Gasteiger partial charge in [-0.25, -0.2) is 9.97 Å². The summed E-state index contributed by atoms with van der Waals surface area (Å²) in [6, 6.07) is 7.80. The summed E-state index contributed by atoms with van der Waals surface area (Å²) in [6.45, 7) is 0.730. The molecule has 4 nitrogen and oxygen atoms in total. The van der Waals surface area contributed by atoms with Crippen LogP contribution in [0.1, 0.15) is 12.2 Å². The summed E-state index contributed by atoms with van der Waals surface area (Å²) in [7, 11) is 0. The largest absolute Gasteiger partial charge is 0.383 e. The van der Waals surface area contributed by atoms with Crippen molar-refractivity contribution < 1.29 is 0 Å². The minimum absolute atomic E-state index is 0.560. The summed E-state index contributed by atoms with van der Waals surface area (Å²) in [4.78, 5) is 8.80. The van der Waals surface area contributed by atoms with Gasteiger partial charge in [-0.3, -0.25) is 0 Å². The Balaban J connectivity index is 2.13. The van der Waals surface area contributed by atoms with Crippen LogP contribution >= 0.6 is 11.8 Å². The summed E-state index contributed by atoms with van der Waals surface area (Å²) in [5.41, 5.74) is 12.3. The first-order valence-electron chi connectivity index (χ1n) is 5.60. The van der Waals surface area contributed by atoms with Crippen LogP contribution in [0.3, 0.4) is 0 Å². The molecule has 0 saturated heterocycles. The van der Waals surface area contributed by atoms with E-state index < -0.39 is 0 Å². The van der Waals surface area contributed by atoms with Crippen LogP contribution in [0.15, 0.2) is 24.3 Å². The highest BCUT2D eigenvalue weighted by atomic mass is 32.2. The van der Waals surface area contributed by atoms with Gasteiger partial charge in [-0.05, 0) is 30.9 Å². The van der Waals surface area contributed by atoms with Gasteiger partial charge in [0.15, 0.2) is 0 Å². The zero-order valence-corrected chi connectivity index (χ0v) is 10.4. The van der Waals surface area contributed by atoms with E-state index in [2.05, 4.69) is 9.97 Å². The molecule has 2 aromatic rings. The Morgan fingerprint density at radius 1 is 1.18 bits per heavy atom. The fourth-order valence-corrected chi connectivity index (χ4v) is 2.39. The maximum absolute atomic E-state index is 5.91. The smallest absolute Gasteiger partial charge is 0.141 e. The molecular weight excluding hydrogens is 232 g/mol. The lowest BCUT2D eigenvalue weighted by atomic mass is 10.2. The number of rotatable bonds is 5. The van der Waals surface area contributed by atoms with E-state index in [9.17, 15) is 0 Å². The Bertz CT molecular complexity index is 501. The minimum Gasteiger partial charge on any atom is -0.383 e. The summed E-state index contributed by atoms with van der Waals surface area (Å²) in [5, 5.41) is 0.920. The molecule has 1 aromatic carbocycles. The third-order valence-electron chi connectivity index (χ3n) is 2.40. The minimum atomic E-state index is 0.560. The van der Waals surface area contributed by atoms with Crippen LogP contribution in [0, 0.1) is 0 Å². The van der Waals surface area contributed by atoms with E-state index in [0.717, 1.165) is 41.2 Å². The molecule has 90 valence electrons. The highest BCUT2D eigenvalue weighted by Crippen LogP contribution is 2.19. The lowest BCUT2D eigenvalue weighted by Crippen LogP contribution is -2.02. The van der Waals surface area contributed by atoms with Crippen molar-refractivity contribution in [3.05, 3.63) is 30.1 Å². The van der Waals surface area contributed by atoms with E-state index in [0.29, 0.717) is 5.82 Å². The zero-order valence-electron chi connectivity index (χ0n) is 9.60. The van der Waals surface area contributed by atoms with Crippen LogP contribution in [-0.2, 0) is 5.75 Å². The number of fused-ring (bicyclic) bond motifs is 1. The van der Waals surface area contributed by atoms with Crippen molar-refractivity contribution in [2.24, 2.45) is 5.73 Å². The van der Waals surface area contributed by atoms with Crippen LogP contribution < -0.4 is 11.5 Å². The molecular formula is C12H16N4S. The second-order valence-electron chi connectivity index (χ2n) is 3.74. The summed E-state index contributed by atoms with van der Waals surface area (Å²) < 4.78 is 0. The number of hydrogen-bond acceptors (Lipinski definition) is 5. The Labute approximate surface area is 105 Å². The second-order valence-corrected chi connectivity index (χ2v) is 4.84. The molecule has 0 atom stereocenters. The number of hydrogen-bond donors (Lipinski definition) is 2. The van der Waals surface area contributed by atoms with Crippen molar-refractivity contribution in [1.29, 1.82) is 0 Å². The average Bonchev–Trinajstić information content (AvgIpc) is 2.35. The van der Waals surface area contributed by atoms with E-state index >= 15 is 0 Å². The van der Waals surface area contributed by atoms with Crippen molar-refractivity contribution in [3.63, 3.8) is 0 Å². The molecule has 0 aliphatic rings. The van der Waals surface area contributed by atoms with E-state index in [4.69, 9.17) is 11.5 Å². The highest BCUT2D eigenvalue weighted by molar-refractivity contribution is 7.98. The van der Waals surface area contributed by atoms with Gasteiger partial charge in [0, 0.05) is 5.39 Å². The monoisotopic (exact) mass is 248 g/mol. The van der Waals surface area contributed by atoms with E-state index in [-0.39, 0.29) is 0 Å². The van der Waals surface area contributed by atoms with Gasteiger partial charge in [-0.2, -0.15) is 11.8 Å². The van der Waals surface area contributed by atoms with Crippen LogP contribution in [-0.4, -0.2) is 22.3 Å². The molecule has 0 aliphatic heterocycles. The first-order chi connectivity index (χ1) is 8.31. The Morgan fingerprint density at radius 2 is 2.00 bits per heavy atom. The first kappa shape index (κ1) is 12.1. The number of nitrogen functional groups attached to an aromatic ring is 1. The maximum atomic E-state index is 5.91. The zero-order chi connectivity index (χ0) is 12.1. The lowest BCUT2D eigenvalue weighted by Gasteiger charge is -2.04. The average molecular weight is 248 g/mol. The SMILES string of the molecule is NCCCSCc1nc(N)c2ccccc2n1. The highest BCUT2D eigenvalue weighted by Gasteiger charge is 2.04. The van der Waals surface area contributed by atoms with Crippen LogP contribution in [0.4, 0.5) is 5.82 Å². The molecule has 0 saturated carbocycles. The van der Waals surface area contributed by atoms with E-state index in [1.807, 2.05) is 24.3 Å². The molecule has 0 aliphatic carbocycles. The Morgan fingerprint density at radius 3 is 2.82 bits per heavy atom. The number of thioether (sulfide) groups is 1. The fourth-order valence-electron chi connectivity index (χ4n) is 1.56. The molecule has 0 fully saturated rings. The molecule has 0 radical (unpaired) electrons. The standard InChI is InChI=1S/C12H16N4S/c13-6-3-7-17-8-11-15-10-5-2-1-4-9(10)12(14)16-11/h1-2,4-5H,3,6-8,13H2,(H2,14,15,16). The van der Waals surface area contributed by atoms with Gasteiger partial charge in [0.05, 0.1) is 11.3 Å². The number of aromatic nitrogens is 2. The fraction of sp³-hybridized carbons (Fsp3) is 0.333. The number of nitrogens with two attached hydrogens (primary N) is 2. The molecule has 0 amide bonds. The van der Waals surface area contributed by atoms with Gasteiger partial charge >= 0.3 is 0 Å². The third-order valence-corrected chi connectivity index (χ3v) is 3.44. The molecule has 4 N–H and O–H groups in total. The summed E-state index contributed by atoms with van der Waals surface area (Å²) in [6.07, 6.45) is 1.02. The normalized spacial score (nSPS) is 10.9. The second kappa shape index (κ2) is 5.84. The van der Waals surface area contributed by atoms with Crippen molar-refractivity contribution in [2.75, 3.05) is 18.0 Å². The predicted molar refractivity (Wildman–Crippen MR) is 73.8 cm³/mol. The van der Waals surface area contributed by atoms with Crippen molar-refractivity contribution >= 4 is 28.5 Å². The lowest BCUT2D eigenvalue weighted by molar-refractivity contribution is 0.941. The summed E-state index contributed by atoms with van der Waals surface area (Å²) >= 11 is 1.79. The number of benzene rings is 1. The third kappa shape index (κ3) is 3.08. The van der Waals surface area contributed by atoms with E-state index in [1.54, 1.807) is 11.8 Å². The van der Waals surface area contributed by atoms with Gasteiger partial charge in [0.1, 0.15) is 11.6 Å². The molecule has 1 aromatic heterocycles. The van der Waals surface area contributed by atoms with Crippen LogP contribution in [0.2, 0.25) is 0 Å². The van der Waals surface area contributed by atoms with Gasteiger partial charge in [0.25, 0.3) is 0 Å². The van der Waals surface area contributed by atoms with Crippen molar-refractivity contribution in [1.82, 2.24) is 9.97 Å². The molecule has 1 heterocycles. The van der Waals surface area contributed by atoms with Gasteiger partial charge < -0.3 is 11.5 Å². The molecule has 0 bridgehead atoms. The molecule has 2 rings (SSSR count). The van der Waals surface area contributed by atoms with Crippen molar-refractivity contribution in [2.45, 2.75) is 12.2 Å². The number of anilines is 1. The number of para-hydroxylation sites is 1. The van der Waals surface area contributed by atoms with Gasteiger partial charge in [-0.15, -0.1) is 0 Å². The predicted octanol–water partition coefficient (Wildman–Crippen LogP) is 1.79. The van der Waals surface area contributed by atoms with Crippen LogP contribution in [0.25, 0.3) is 10.9 Å². The maximum Gasteiger partial charge on any atom is 0.141 e. The quantitative estimate of drug-likeness (QED) is 0.789. The summed E-state index contributed by atoms with van der Waals surface area (Å²) in [5.74, 6) is 3.18. The van der Waals surface area contributed by atoms with E-state index in [1.165, 1.54) is 0 Å². The van der Waals surface area contributed by atoms with Gasteiger partial charge in [0.2, 0.25) is 0 Å². The topological polar surface area (TPSA) is 77.8 Å². The van der Waals surface area contributed by atoms with Crippen molar-refractivity contribution in [3.8, 4) is 0 Å². The Kier molecular flexibility index (Phi) is 4.17. The molecule has 5 heteroatoms. The molecule has 17 heavy (non-hydrogen) atoms. The van der Waals surface area contributed by atoms with Gasteiger partial charge in [-0.1, -0.05) is 12.1 Å². The number of nitrogens with zero attached hydrogens (tertiary/aromatic N) is 2. The molecule has 0 spiro atoms.